The molecule has 1 aromatic heterocycles. The van der Waals surface area contributed by atoms with Crippen molar-refractivity contribution in [1.82, 2.24) is 5.32 Å². The molecule has 21 heavy (non-hydrogen) atoms. The fourth-order valence-electron chi connectivity index (χ4n) is 2.02. The molecule has 6 heteroatoms. The molecule has 0 spiro atoms. The van der Waals surface area contributed by atoms with Crippen molar-refractivity contribution in [2.45, 2.75) is 18.6 Å². The van der Waals surface area contributed by atoms with Crippen LogP contribution in [-0.4, -0.2) is 37.3 Å². The predicted molar refractivity (Wildman–Crippen MR) is 84.3 cm³/mol. The number of aliphatic hydroxyl groups is 1. The van der Waals surface area contributed by atoms with Crippen molar-refractivity contribution in [2.24, 2.45) is 5.73 Å². The van der Waals surface area contributed by atoms with Crippen LogP contribution in [0.15, 0.2) is 30.3 Å². The molecule has 2 unspecified atom stereocenters. The van der Waals surface area contributed by atoms with Crippen molar-refractivity contribution in [2.75, 3.05) is 20.2 Å². The average Bonchev–Trinajstić information content (AvgIpc) is 2.94. The minimum Gasteiger partial charge on any atom is -0.386 e. The van der Waals surface area contributed by atoms with Crippen LogP contribution >= 0.6 is 11.3 Å². The molecule has 0 saturated heterocycles. The summed E-state index contributed by atoms with van der Waals surface area (Å²) in [6.45, 7) is 0.482. The van der Waals surface area contributed by atoms with Crippen LogP contribution in [0.2, 0.25) is 0 Å². The zero-order valence-corrected chi connectivity index (χ0v) is 12.7. The van der Waals surface area contributed by atoms with Gasteiger partial charge in [0.1, 0.15) is 6.10 Å². The van der Waals surface area contributed by atoms with E-state index in [0.29, 0.717) is 6.54 Å². The van der Waals surface area contributed by atoms with Crippen molar-refractivity contribution >= 4 is 27.3 Å². The van der Waals surface area contributed by atoms with E-state index in [-0.39, 0.29) is 25.0 Å². The monoisotopic (exact) mass is 308 g/mol. The van der Waals surface area contributed by atoms with Crippen molar-refractivity contribution in [1.29, 1.82) is 0 Å². The van der Waals surface area contributed by atoms with Crippen LogP contribution in [0.3, 0.4) is 0 Å². The van der Waals surface area contributed by atoms with Gasteiger partial charge in [-0.15, -0.1) is 11.3 Å². The number of hydrogen-bond acceptors (Lipinski definition) is 5. The lowest BCUT2D eigenvalue weighted by atomic mass is 10.2. The van der Waals surface area contributed by atoms with Gasteiger partial charge in [-0.3, -0.25) is 4.79 Å². The van der Waals surface area contributed by atoms with E-state index in [1.807, 2.05) is 30.3 Å². The van der Waals surface area contributed by atoms with E-state index in [1.54, 1.807) is 0 Å². The highest BCUT2D eigenvalue weighted by Gasteiger charge is 2.15. The summed E-state index contributed by atoms with van der Waals surface area (Å²) in [7, 11) is 1.52. The Balaban J connectivity index is 1.89. The Hall–Kier alpha value is -1.47. The Kier molecular flexibility index (Phi) is 5.69. The number of nitrogens with two attached hydrogens (primary N) is 1. The maximum atomic E-state index is 11.7. The second-order valence-electron chi connectivity index (χ2n) is 4.80. The molecule has 4 N–H and O–H groups in total. The molecular formula is C15H20N2O3S. The van der Waals surface area contributed by atoms with Gasteiger partial charge in [0, 0.05) is 29.8 Å². The summed E-state index contributed by atoms with van der Waals surface area (Å²) in [5, 5.41) is 14.0. The Morgan fingerprint density at radius 3 is 2.90 bits per heavy atom. The third-order valence-corrected chi connectivity index (χ3v) is 4.49. The number of aliphatic hydroxyl groups excluding tert-OH is 1. The van der Waals surface area contributed by atoms with Gasteiger partial charge in [-0.2, -0.15) is 0 Å². The maximum Gasteiger partial charge on any atom is 0.222 e. The van der Waals surface area contributed by atoms with Gasteiger partial charge in [0.15, 0.2) is 0 Å². The first-order chi connectivity index (χ1) is 10.1. The number of carbonyl (C=O) groups is 1. The number of benzene rings is 1. The van der Waals surface area contributed by atoms with E-state index < -0.39 is 6.10 Å². The van der Waals surface area contributed by atoms with E-state index in [1.165, 1.54) is 18.4 Å². The molecular weight excluding hydrogens is 288 g/mol. The lowest BCUT2D eigenvalue weighted by molar-refractivity contribution is -0.123. The molecule has 5 nitrogen and oxygen atoms in total. The van der Waals surface area contributed by atoms with Gasteiger partial charge < -0.3 is 20.9 Å². The van der Waals surface area contributed by atoms with Gasteiger partial charge >= 0.3 is 0 Å². The van der Waals surface area contributed by atoms with Crippen molar-refractivity contribution < 1.29 is 14.6 Å². The quantitative estimate of drug-likeness (QED) is 0.722. The number of fused-ring (bicyclic) bond motifs is 1. The van der Waals surface area contributed by atoms with E-state index >= 15 is 0 Å². The minimum absolute atomic E-state index is 0.174. The molecule has 0 aliphatic carbocycles. The number of ether oxygens (including phenoxy) is 1. The molecule has 2 rings (SSSR count). The number of rotatable bonds is 7. The lowest BCUT2D eigenvalue weighted by Gasteiger charge is -2.14. The smallest absolute Gasteiger partial charge is 0.222 e. The molecule has 0 bridgehead atoms. The van der Waals surface area contributed by atoms with Gasteiger partial charge in [-0.1, -0.05) is 18.2 Å². The topological polar surface area (TPSA) is 84.6 Å². The van der Waals surface area contributed by atoms with Crippen LogP contribution in [0, 0.1) is 0 Å². The second kappa shape index (κ2) is 7.51. The van der Waals surface area contributed by atoms with Crippen LogP contribution in [0.5, 0.6) is 0 Å². The number of methoxy groups -OCH3 is 1. The summed E-state index contributed by atoms with van der Waals surface area (Å²) >= 11 is 1.53. The molecule has 2 aromatic rings. The molecule has 1 amide bonds. The van der Waals surface area contributed by atoms with Gasteiger partial charge in [0.2, 0.25) is 5.91 Å². The largest absolute Gasteiger partial charge is 0.386 e. The van der Waals surface area contributed by atoms with Crippen LogP contribution < -0.4 is 11.1 Å². The highest BCUT2D eigenvalue weighted by molar-refractivity contribution is 7.19. The summed E-state index contributed by atoms with van der Waals surface area (Å²) in [6.07, 6.45) is -0.789. The van der Waals surface area contributed by atoms with E-state index in [9.17, 15) is 9.90 Å². The molecule has 0 radical (unpaired) electrons. The Bertz CT molecular complexity index is 562. The Morgan fingerprint density at radius 2 is 2.24 bits per heavy atom. The van der Waals surface area contributed by atoms with Gasteiger partial charge in [0.25, 0.3) is 0 Å². The number of hydrogen-bond donors (Lipinski definition) is 3. The minimum atomic E-state index is -0.703. The van der Waals surface area contributed by atoms with Crippen LogP contribution in [-0.2, 0) is 9.53 Å². The third-order valence-electron chi connectivity index (χ3n) is 3.27. The third kappa shape index (κ3) is 4.25. The Morgan fingerprint density at radius 1 is 1.48 bits per heavy atom. The summed E-state index contributed by atoms with van der Waals surface area (Å²) in [4.78, 5) is 12.6. The predicted octanol–water partition coefficient (Wildman–Crippen LogP) is 1.41. The second-order valence-corrected chi connectivity index (χ2v) is 5.92. The van der Waals surface area contributed by atoms with Gasteiger partial charge in [0.05, 0.1) is 12.5 Å². The maximum absolute atomic E-state index is 11.7. The van der Waals surface area contributed by atoms with Crippen LogP contribution in [0.1, 0.15) is 17.4 Å². The van der Waals surface area contributed by atoms with E-state index in [0.717, 1.165) is 15.0 Å². The number of carbonyl (C=O) groups excluding carboxylic acids is 1. The summed E-state index contributed by atoms with van der Waals surface area (Å²) in [6, 6.07) is 9.90. The summed E-state index contributed by atoms with van der Waals surface area (Å²) in [5.74, 6) is -0.174. The highest BCUT2D eigenvalue weighted by Crippen LogP contribution is 2.29. The van der Waals surface area contributed by atoms with Crippen molar-refractivity contribution in [3.63, 3.8) is 0 Å². The van der Waals surface area contributed by atoms with Crippen molar-refractivity contribution in [3.05, 3.63) is 35.2 Å². The number of amides is 1. The van der Waals surface area contributed by atoms with Gasteiger partial charge in [-0.25, -0.2) is 0 Å². The molecule has 0 aliphatic rings. The molecule has 0 aliphatic heterocycles. The first-order valence-electron chi connectivity index (χ1n) is 6.80. The number of nitrogens with one attached hydrogen (secondary N) is 1. The van der Waals surface area contributed by atoms with Gasteiger partial charge in [-0.05, 0) is 17.5 Å². The van der Waals surface area contributed by atoms with Crippen LogP contribution in [0.4, 0.5) is 0 Å². The Labute approximate surface area is 127 Å². The summed E-state index contributed by atoms with van der Waals surface area (Å²) in [5.41, 5.74) is 5.47. The van der Waals surface area contributed by atoms with Crippen LogP contribution in [0.25, 0.3) is 10.1 Å². The summed E-state index contributed by atoms with van der Waals surface area (Å²) < 4.78 is 6.18. The standard InChI is InChI=1S/C15H20N2O3S/c1-20-11(8-16)7-15(19)17-9-12(18)14-6-10-4-2-3-5-13(10)21-14/h2-6,11-12,18H,7-9,16H2,1H3,(H,17,19). The lowest BCUT2D eigenvalue weighted by Crippen LogP contribution is -2.34. The first-order valence-corrected chi connectivity index (χ1v) is 7.61. The highest BCUT2D eigenvalue weighted by atomic mass is 32.1. The molecule has 1 heterocycles. The molecule has 2 atom stereocenters. The molecule has 1 aromatic carbocycles. The van der Waals surface area contributed by atoms with E-state index in [2.05, 4.69) is 5.32 Å². The SMILES string of the molecule is COC(CN)CC(=O)NCC(O)c1cc2ccccc2s1. The zero-order valence-electron chi connectivity index (χ0n) is 11.9. The van der Waals surface area contributed by atoms with E-state index in [4.69, 9.17) is 10.5 Å². The number of thiophene rings is 1. The molecule has 114 valence electrons. The normalized spacial score (nSPS) is 14.0. The molecule has 0 fully saturated rings. The fourth-order valence-corrected chi connectivity index (χ4v) is 3.07. The average molecular weight is 308 g/mol. The molecule has 0 saturated carbocycles. The van der Waals surface area contributed by atoms with Crippen molar-refractivity contribution in [3.8, 4) is 0 Å². The first kappa shape index (κ1) is 15.9. The zero-order chi connectivity index (χ0) is 15.2. The fraction of sp³-hybridized carbons (Fsp3) is 0.400.